The van der Waals surface area contributed by atoms with Crippen molar-refractivity contribution in [2.75, 3.05) is 25.0 Å². The van der Waals surface area contributed by atoms with Crippen LogP contribution in [-0.4, -0.2) is 35.9 Å². The minimum atomic E-state index is -0.384. The van der Waals surface area contributed by atoms with Crippen LogP contribution in [0.5, 0.6) is 0 Å². The Morgan fingerprint density at radius 3 is 2.79 bits per heavy atom. The summed E-state index contributed by atoms with van der Waals surface area (Å²) in [5.74, 6) is 0.419. The first-order valence-electron chi connectivity index (χ1n) is 6.05. The van der Waals surface area contributed by atoms with E-state index in [2.05, 4.69) is 16.9 Å². The molecule has 19 heavy (non-hydrogen) atoms. The summed E-state index contributed by atoms with van der Waals surface area (Å²) in [7, 11) is 1.56. The van der Waals surface area contributed by atoms with Crippen LogP contribution in [0, 0.1) is 10.1 Å². The van der Waals surface area contributed by atoms with Crippen LogP contribution in [0.25, 0.3) is 0 Å². The summed E-state index contributed by atoms with van der Waals surface area (Å²) < 4.78 is 0. The van der Waals surface area contributed by atoms with Gasteiger partial charge in [-0.1, -0.05) is 24.9 Å². The second kappa shape index (κ2) is 7.68. The van der Waals surface area contributed by atoms with Gasteiger partial charge in [0.25, 0.3) is 6.54 Å². The maximum absolute atomic E-state index is 10.7. The zero-order chi connectivity index (χ0) is 14.3. The van der Waals surface area contributed by atoms with Crippen LogP contribution < -0.4 is 4.90 Å². The van der Waals surface area contributed by atoms with E-state index >= 15 is 0 Å². The molecule has 1 aromatic heterocycles. The molecule has 6 nitrogen and oxygen atoms in total. The predicted molar refractivity (Wildman–Crippen MR) is 76.7 cm³/mol. The summed E-state index contributed by atoms with van der Waals surface area (Å²) in [6, 6.07) is 3.45. The number of rotatable bonds is 6. The van der Waals surface area contributed by atoms with Crippen molar-refractivity contribution in [3.05, 3.63) is 33.6 Å². The molecule has 0 atom stereocenters. The third kappa shape index (κ3) is 4.82. The molecule has 0 spiro atoms. The van der Waals surface area contributed by atoms with Crippen molar-refractivity contribution in [1.29, 1.82) is 0 Å². The first-order chi connectivity index (χ1) is 9.08. The number of hydrogen-bond donors (Lipinski definition) is 0. The molecule has 1 rings (SSSR count). The first-order valence-corrected chi connectivity index (χ1v) is 6.42. The highest BCUT2D eigenvalue weighted by Crippen LogP contribution is 2.17. The van der Waals surface area contributed by atoms with Crippen LogP contribution >= 0.6 is 11.6 Å². The van der Waals surface area contributed by atoms with Gasteiger partial charge in [0, 0.05) is 18.5 Å². The van der Waals surface area contributed by atoms with Crippen molar-refractivity contribution in [3.63, 3.8) is 0 Å². The van der Waals surface area contributed by atoms with Crippen LogP contribution in [0.3, 0.4) is 0 Å². The van der Waals surface area contributed by atoms with Crippen molar-refractivity contribution < 1.29 is 4.92 Å². The Hall–Kier alpha value is -1.69. The van der Waals surface area contributed by atoms with Gasteiger partial charge in [-0.3, -0.25) is 15.1 Å². The summed E-state index contributed by atoms with van der Waals surface area (Å²) in [5.41, 5.74) is 0.764. The van der Waals surface area contributed by atoms with Crippen LogP contribution in [0.2, 0.25) is 5.15 Å². The highest BCUT2D eigenvalue weighted by Gasteiger charge is 2.17. The zero-order valence-electron chi connectivity index (χ0n) is 11.0. The topological polar surface area (TPSA) is 71.6 Å². The van der Waals surface area contributed by atoms with Gasteiger partial charge in [0.15, 0.2) is 5.84 Å². The van der Waals surface area contributed by atoms with Gasteiger partial charge in [0.2, 0.25) is 0 Å². The number of nitro groups is 1. The monoisotopic (exact) mass is 284 g/mol. The lowest BCUT2D eigenvalue weighted by Crippen LogP contribution is -2.36. The lowest BCUT2D eigenvalue weighted by atomic mass is 10.2. The van der Waals surface area contributed by atoms with Crippen molar-refractivity contribution in [1.82, 2.24) is 4.98 Å². The number of nitrogens with zero attached hydrogens (tertiary/aromatic N) is 4. The van der Waals surface area contributed by atoms with E-state index in [4.69, 9.17) is 11.6 Å². The van der Waals surface area contributed by atoms with Crippen LogP contribution in [0.4, 0.5) is 5.69 Å². The quantitative estimate of drug-likeness (QED) is 0.265. The van der Waals surface area contributed by atoms with E-state index in [0.717, 1.165) is 18.5 Å². The summed E-state index contributed by atoms with van der Waals surface area (Å²) in [5, 5.41) is 11.1. The third-order valence-electron chi connectivity index (χ3n) is 2.60. The van der Waals surface area contributed by atoms with Gasteiger partial charge >= 0.3 is 0 Å². The second-order valence-corrected chi connectivity index (χ2v) is 4.36. The molecular weight excluding hydrogens is 268 g/mol. The van der Waals surface area contributed by atoms with Crippen LogP contribution in [0.1, 0.15) is 19.8 Å². The molecule has 7 heteroatoms. The Balaban J connectivity index is 2.98. The molecule has 104 valence electrons. The number of hydrogen-bond acceptors (Lipinski definition) is 4. The van der Waals surface area contributed by atoms with E-state index < -0.39 is 0 Å². The Morgan fingerprint density at radius 1 is 1.58 bits per heavy atom. The normalized spacial score (nSPS) is 11.4. The van der Waals surface area contributed by atoms with E-state index in [1.807, 2.05) is 4.90 Å². The van der Waals surface area contributed by atoms with Crippen molar-refractivity contribution in [3.8, 4) is 0 Å². The number of amidine groups is 1. The summed E-state index contributed by atoms with van der Waals surface area (Å²) in [6.45, 7) is 2.43. The molecule has 0 aromatic carbocycles. The van der Waals surface area contributed by atoms with E-state index in [-0.39, 0.29) is 11.5 Å². The number of unbranched alkanes of at least 4 members (excludes halogenated alkanes) is 1. The molecule has 0 aliphatic rings. The van der Waals surface area contributed by atoms with Gasteiger partial charge in [-0.2, -0.15) is 0 Å². The van der Waals surface area contributed by atoms with Crippen LogP contribution in [-0.2, 0) is 0 Å². The van der Waals surface area contributed by atoms with E-state index in [1.54, 1.807) is 25.4 Å². The van der Waals surface area contributed by atoms with E-state index in [9.17, 15) is 10.1 Å². The number of aromatic nitrogens is 1. The highest BCUT2D eigenvalue weighted by molar-refractivity contribution is 6.29. The fourth-order valence-electron chi connectivity index (χ4n) is 1.64. The summed E-state index contributed by atoms with van der Waals surface area (Å²) in [4.78, 5) is 20.1. The predicted octanol–water partition coefficient (Wildman–Crippen LogP) is 2.65. The molecule has 0 radical (unpaired) electrons. The molecule has 0 fully saturated rings. The Morgan fingerprint density at radius 2 is 2.32 bits per heavy atom. The van der Waals surface area contributed by atoms with Crippen LogP contribution in [0.15, 0.2) is 23.3 Å². The summed E-state index contributed by atoms with van der Waals surface area (Å²) in [6.07, 6.45) is 3.51. The van der Waals surface area contributed by atoms with Gasteiger partial charge in [-0.05, 0) is 18.6 Å². The first kappa shape index (κ1) is 15.4. The third-order valence-corrected chi connectivity index (χ3v) is 2.82. The fourth-order valence-corrected chi connectivity index (χ4v) is 1.76. The maximum atomic E-state index is 10.7. The average molecular weight is 285 g/mol. The fraction of sp³-hybridized carbons (Fsp3) is 0.500. The number of pyridine rings is 1. The average Bonchev–Trinajstić information content (AvgIpc) is 2.39. The Bertz CT molecular complexity index is 448. The Labute approximate surface area is 117 Å². The summed E-state index contributed by atoms with van der Waals surface area (Å²) >= 11 is 5.75. The standard InChI is InChI=1S/C12H17ClN4O2/c1-3-4-7-16(12(14-2)9-17(18)19)10-5-6-11(13)15-8-10/h5-6,8H,3-4,7,9H2,1-2H3. The lowest BCUT2D eigenvalue weighted by Gasteiger charge is -2.23. The van der Waals surface area contributed by atoms with Crippen molar-refractivity contribution in [2.45, 2.75) is 19.8 Å². The molecule has 0 aliphatic heterocycles. The molecule has 0 amide bonds. The van der Waals surface area contributed by atoms with Gasteiger partial charge in [-0.25, -0.2) is 4.98 Å². The molecule has 0 bridgehead atoms. The minimum Gasteiger partial charge on any atom is -0.323 e. The van der Waals surface area contributed by atoms with Gasteiger partial charge in [0.05, 0.1) is 11.9 Å². The smallest absolute Gasteiger partial charge is 0.260 e. The van der Waals surface area contributed by atoms with E-state index in [1.165, 1.54) is 0 Å². The van der Waals surface area contributed by atoms with Gasteiger partial charge in [-0.15, -0.1) is 0 Å². The van der Waals surface area contributed by atoms with E-state index in [0.29, 0.717) is 17.5 Å². The highest BCUT2D eigenvalue weighted by atomic mass is 35.5. The zero-order valence-corrected chi connectivity index (χ0v) is 11.8. The molecule has 0 N–H and O–H groups in total. The Kier molecular flexibility index (Phi) is 6.21. The molecule has 1 aromatic rings. The van der Waals surface area contributed by atoms with Gasteiger partial charge < -0.3 is 4.90 Å². The molecule has 1 heterocycles. The lowest BCUT2D eigenvalue weighted by molar-refractivity contribution is -0.463. The maximum Gasteiger partial charge on any atom is 0.260 e. The molecular formula is C12H17ClN4O2. The van der Waals surface area contributed by atoms with Crippen molar-refractivity contribution >= 4 is 23.1 Å². The minimum absolute atomic E-state index is 0.303. The number of anilines is 1. The van der Waals surface area contributed by atoms with Gasteiger partial charge in [0.1, 0.15) is 5.15 Å². The van der Waals surface area contributed by atoms with Crippen molar-refractivity contribution in [2.24, 2.45) is 4.99 Å². The molecule has 0 aliphatic carbocycles. The second-order valence-electron chi connectivity index (χ2n) is 3.97. The molecule has 0 unspecified atom stereocenters. The SMILES string of the molecule is CCCCN(C(C[N+](=O)[O-])=NC)c1ccc(Cl)nc1. The molecule has 0 saturated heterocycles. The largest absolute Gasteiger partial charge is 0.323 e. The number of aliphatic imine (C=N–C) groups is 1. The number of halogens is 1. The molecule has 0 saturated carbocycles.